The van der Waals surface area contributed by atoms with Crippen LogP contribution in [-0.2, 0) is 13.0 Å². The molecule has 1 aromatic carbocycles. The summed E-state index contributed by atoms with van der Waals surface area (Å²) in [6.45, 7) is 10.0. The van der Waals surface area contributed by atoms with Gasteiger partial charge in [0, 0.05) is 73.4 Å². The average Bonchev–Trinajstić information content (AvgIpc) is 3.32. The number of imidazole rings is 1. The Kier molecular flexibility index (Phi) is 5.76. The Morgan fingerprint density at radius 2 is 1.83 bits per heavy atom. The zero-order valence-corrected chi connectivity index (χ0v) is 20.7. The van der Waals surface area contributed by atoms with Crippen molar-refractivity contribution in [1.29, 1.82) is 0 Å². The number of nitrogens with one attached hydrogen (secondary N) is 1. The number of rotatable bonds is 6. The lowest BCUT2D eigenvalue weighted by Gasteiger charge is -2.30. The number of benzene rings is 1. The van der Waals surface area contributed by atoms with Gasteiger partial charge in [-0.2, -0.15) is 0 Å². The van der Waals surface area contributed by atoms with E-state index >= 15 is 0 Å². The maximum atomic E-state index is 15.0. The van der Waals surface area contributed by atoms with Crippen LogP contribution >= 0.6 is 0 Å². The van der Waals surface area contributed by atoms with Crippen molar-refractivity contribution in [1.82, 2.24) is 34.7 Å². The van der Waals surface area contributed by atoms with Gasteiger partial charge in [0.15, 0.2) is 5.82 Å². The molecular weight excluding hydrogens is 460 g/mol. The van der Waals surface area contributed by atoms with Crippen molar-refractivity contribution in [2.24, 2.45) is 5.92 Å². The number of hydrogen-bond acceptors (Lipinski definition) is 6. The minimum Gasteiger partial charge on any atom is -0.326 e. The van der Waals surface area contributed by atoms with Crippen LogP contribution < -0.4 is 5.32 Å². The maximum Gasteiger partial charge on any atom is 0.151 e. The third kappa shape index (κ3) is 4.16. The summed E-state index contributed by atoms with van der Waals surface area (Å²) in [5, 5.41) is 3.47. The molecule has 0 aliphatic carbocycles. The number of likely N-dealkylation sites (tertiary alicyclic amines) is 1. The summed E-state index contributed by atoms with van der Waals surface area (Å²) in [6, 6.07) is 5.52. The van der Waals surface area contributed by atoms with E-state index in [-0.39, 0.29) is 6.04 Å². The molecule has 2 aliphatic heterocycles. The lowest BCUT2D eigenvalue weighted by atomic mass is 9.96. The van der Waals surface area contributed by atoms with Crippen LogP contribution in [0.15, 0.2) is 36.8 Å². The van der Waals surface area contributed by atoms with Gasteiger partial charge in [0.05, 0.1) is 18.1 Å². The van der Waals surface area contributed by atoms with Gasteiger partial charge in [-0.1, -0.05) is 0 Å². The number of halogens is 2. The molecule has 6 rings (SSSR count). The standard InChI is InChI=1S/C27H29F2N7/c1-15(2)36-16(3)34-27-22(28)4-18(5-25(27)36)21-6-20(30-11-23(21)29)7-26-32-8-17(9-33-26)12-35-13-19-10-31-24(19)14-35/h4-6,8-9,11,15,19,24,31H,7,10,12-14H2,1-3H3/t19-,24+/m0/s1. The fraction of sp³-hybridized carbons (Fsp3) is 0.407. The summed E-state index contributed by atoms with van der Waals surface area (Å²) in [5.74, 6) is 1.13. The summed E-state index contributed by atoms with van der Waals surface area (Å²) in [6.07, 6.45) is 5.26. The minimum atomic E-state index is -0.504. The lowest BCUT2D eigenvalue weighted by molar-refractivity contribution is 0.295. The van der Waals surface area contributed by atoms with Crippen LogP contribution in [0.5, 0.6) is 0 Å². The third-order valence-electron chi connectivity index (χ3n) is 7.33. The topological polar surface area (TPSA) is 71.8 Å². The van der Waals surface area contributed by atoms with Gasteiger partial charge in [-0.25, -0.2) is 23.7 Å². The molecule has 4 aromatic rings. The van der Waals surface area contributed by atoms with Crippen LogP contribution in [0.2, 0.25) is 0 Å². The van der Waals surface area contributed by atoms with Gasteiger partial charge < -0.3 is 9.88 Å². The first-order chi connectivity index (χ1) is 17.4. The molecule has 7 nitrogen and oxygen atoms in total. The Hall–Kier alpha value is -3.30. The highest BCUT2D eigenvalue weighted by atomic mass is 19.1. The molecule has 2 saturated heterocycles. The number of hydrogen-bond donors (Lipinski definition) is 1. The van der Waals surface area contributed by atoms with Crippen LogP contribution in [0, 0.1) is 24.5 Å². The van der Waals surface area contributed by atoms with E-state index in [2.05, 4.69) is 30.2 Å². The highest BCUT2D eigenvalue weighted by Crippen LogP contribution is 2.31. The van der Waals surface area contributed by atoms with E-state index in [4.69, 9.17) is 0 Å². The van der Waals surface area contributed by atoms with Crippen LogP contribution in [0.3, 0.4) is 0 Å². The quantitative estimate of drug-likeness (QED) is 0.441. The van der Waals surface area contributed by atoms with Crippen molar-refractivity contribution in [2.75, 3.05) is 19.6 Å². The second-order valence-electron chi connectivity index (χ2n) is 10.3. The fourth-order valence-corrected chi connectivity index (χ4v) is 5.52. The summed E-state index contributed by atoms with van der Waals surface area (Å²) >= 11 is 0. The zero-order chi connectivity index (χ0) is 25.0. The van der Waals surface area contributed by atoms with Gasteiger partial charge in [-0.15, -0.1) is 0 Å². The Morgan fingerprint density at radius 1 is 1.03 bits per heavy atom. The van der Waals surface area contributed by atoms with Crippen LogP contribution in [-0.4, -0.2) is 55.1 Å². The summed E-state index contributed by atoms with van der Waals surface area (Å²) < 4.78 is 31.8. The molecule has 3 aromatic heterocycles. The number of aryl methyl sites for hydroxylation is 1. The predicted molar refractivity (Wildman–Crippen MR) is 133 cm³/mol. The Balaban J connectivity index is 1.24. The SMILES string of the molecule is Cc1nc2c(F)cc(-c3cc(Cc4ncc(CN5C[C@@H]6CN[C@@H]6C5)cn4)ncc3F)cc2n1C(C)C. The normalized spacial score (nSPS) is 19.7. The smallest absolute Gasteiger partial charge is 0.151 e. The Morgan fingerprint density at radius 3 is 2.50 bits per heavy atom. The second-order valence-corrected chi connectivity index (χ2v) is 10.3. The monoisotopic (exact) mass is 489 g/mol. The summed E-state index contributed by atoms with van der Waals surface area (Å²) in [4.78, 5) is 20.1. The molecule has 2 atom stereocenters. The largest absolute Gasteiger partial charge is 0.326 e. The molecule has 5 heterocycles. The van der Waals surface area contributed by atoms with E-state index in [1.807, 2.05) is 37.7 Å². The van der Waals surface area contributed by atoms with Crippen molar-refractivity contribution < 1.29 is 8.78 Å². The van der Waals surface area contributed by atoms with Gasteiger partial charge in [0.2, 0.25) is 0 Å². The highest BCUT2D eigenvalue weighted by molar-refractivity contribution is 5.83. The van der Waals surface area contributed by atoms with Gasteiger partial charge in [0.25, 0.3) is 0 Å². The van der Waals surface area contributed by atoms with Crippen molar-refractivity contribution in [2.45, 2.75) is 45.8 Å². The zero-order valence-electron chi connectivity index (χ0n) is 20.7. The van der Waals surface area contributed by atoms with Gasteiger partial charge in [-0.05, 0) is 44.5 Å². The van der Waals surface area contributed by atoms with Crippen LogP contribution in [0.25, 0.3) is 22.2 Å². The summed E-state index contributed by atoms with van der Waals surface area (Å²) in [5.41, 5.74) is 3.39. The molecule has 9 heteroatoms. The minimum absolute atomic E-state index is 0.0971. The van der Waals surface area contributed by atoms with E-state index in [0.717, 1.165) is 43.5 Å². The molecule has 0 amide bonds. The van der Waals surface area contributed by atoms with Crippen LogP contribution in [0.4, 0.5) is 8.78 Å². The highest BCUT2D eigenvalue weighted by Gasteiger charge is 2.38. The first-order valence-electron chi connectivity index (χ1n) is 12.4. The number of pyridine rings is 1. The van der Waals surface area contributed by atoms with E-state index in [1.54, 1.807) is 12.1 Å². The van der Waals surface area contributed by atoms with Crippen LogP contribution in [0.1, 0.15) is 42.8 Å². The van der Waals surface area contributed by atoms with Crippen molar-refractivity contribution in [3.8, 4) is 11.1 Å². The third-order valence-corrected chi connectivity index (χ3v) is 7.33. The van der Waals surface area contributed by atoms with Crippen molar-refractivity contribution in [3.05, 3.63) is 71.3 Å². The summed E-state index contributed by atoms with van der Waals surface area (Å²) in [7, 11) is 0. The molecular formula is C27H29F2N7. The van der Waals surface area contributed by atoms with E-state index in [1.165, 1.54) is 12.3 Å². The predicted octanol–water partition coefficient (Wildman–Crippen LogP) is 4.05. The first kappa shape index (κ1) is 23.1. The van der Waals surface area contributed by atoms with Crippen molar-refractivity contribution in [3.63, 3.8) is 0 Å². The molecule has 0 radical (unpaired) electrons. The molecule has 0 bridgehead atoms. The van der Waals surface area contributed by atoms with Gasteiger partial charge in [0.1, 0.15) is 23.0 Å². The molecule has 0 saturated carbocycles. The molecule has 0 unspecified atom stereocenters. The van der Waals surface area contributed by atoms with Gasteiger partial charge in [-0.3, -0.25) is 9.88 Å². The number of fused-ring (bicyclic) bond motifs is 2. The number of aromatic nitrogens is 5. The second kappa shape index (κ2) is 8.97. The Bertz CT molecular complexity index is 1420. The number of nitrogens with zero attached hydrogens (tertiary/aromatic N) is 6. The van der Waals surface area contributed by atoms with E-state index in [9.17, 15) is 8.78 Å². The molecule has 2 aliphatic rings. The average molecular weight is 490 g/mol. The molecule has 36 heavy (non-hydrogen) atoms. The lowest BCUT2D eigenvalue weighted by Crippen LogP contribution is -2.51. The molecule has 1 N–H and O–H groups in total. The first-order valence-corrected chi connectivity index (χ1v) is 12.4. The van der Waals surface area contributed by atoms with E-state index in [0.29, 0.717) is 46.1 Å². The molecule has 186 valence electrons. The Labute approximate surface area is 208 Å². The fourth-order valence-electron chi connectivity index (χ4n) is 5.52. The van der Waals surface area contributed by atoms with Gasteiger partial charge >= 0.3 is 0 Å². The molecule has 0 spiro atoms. The maximum absolute atomic E-state index is 15.0. The molecule has 2 fully saturated rings. The van der Waals surface area contributed by atoms with Crippen molar-refractivity contribution >= 4 is 11.0 Å². The van der Waals surface area contributed by atoms with E-state index < -0.39 is 11.6 Å².